The summed E-state index contributed by atoms with van der Waals surface area (Å²) in [5, 5.41) is 18.9. The molecule has 192 valence electrons. The Balaban J connectivity index is 0.000000540. The Kier molecular flexibility index (Phi) is 11.6. The topological polar surface area (TPSA) is 95.9 Å². The minimum atomic E-state index is -5.08. The molecule has 0 heterocycles. The molecule has 1 fully saturated rings. The Morgan fingerprint density at radius 1 is 0.886 bits per heavy atom. The number of halogens is 3. The number of nitrogens with one attached hydrogen (secondary N) is 1. The molecule has 2 aromatic rings. The maximum Gasteiger partial charge on any atom is 0.490 e. The maximum absolute atomic E-state index is 10.6. The van der Waals surface area contributed by atoms with Crippen molar-refractivity contribution in [1.29, 1.82) is 0 Å². The normalized spacial score (nSPS) is 14.0. The number of hydrogen-bond acceptors (Lipinski definition) is 4. The number of rotatable bonds is 10. The molecular weight excluding hydrogens is 463 g/mol. The highest BCUT2D eigenvalue weighted by Gasteiger charge is 2.38. The van der Waals surface area contributed by atoms with Crippen LogP contribution >= 0.6 is 0 Å². The number of alkyl halides is 3. The van der Waals surface area contributed by atoms with Crippen LogP contribution in [-0.2, 0) is 22.6 Å². The second-order valence-corrected chi connectivity index (χ2v) is 8.46. The number of aliphatic carboxylic acids is 2. The van der Waals surface area contributed by atoms with Gasteiger partial charge in [-0.05, 0) is 60.5 Å². The van der Waals surface area contributed by atoms with Crippen molar-refractivity contribution >= 4 is 11.9 Å². The average Bonchev–Trinajstić information content (AvgIpc) is 2.84. The number of carboxylic acid groups (broad SMARTS) is 2. The maximum atomic E-state index is 10.6. The van der Waals surface area contributed by atoms with Crippen molar-refractivity contribution < 1.29 is 37.7 Å². The Bertz CT molecular complexity index is 908. The lowest BCUT2D eigenvalue weighted by atomic mass is 9.84. The van der Waals surface area contributed by atoms with Gasteiger partial charge in [0.05, 0.1) is 6.42 Å². The number of hydrogen-bond donors (Lipinski definition) is 3. The van der Waals surface area contributed by atoms with Crippen LogP contribution in [-0.4, -0.2) is 41.4 Å². The van der Waals surface area contributed by atoms with Crippen LogP contribution in [0.3, 0.4) is 0 Å². The van der Waals surface area contributed by atoms with Crippen molar-refractivity contribution in [3.8, 4) is 5.75 Å². The number of carbonyl (C=O) groups is 2. The minimum absolute atomic E-state index is 0.161. The molecule has 0 spiro atoms. The van der Waals surface area contributed by atoms with Crippen LogP contribution in [0.4, 0.5) is 13.2 Å². The zero-order valence-corrected chi connectivity index (χ0v) is 19.5. The summed E-state index contributed by atoms with van der Waals surface area (Å²) in [6.07, 6.45) is 2.74. The standard InChI is InChI=1S/C24H31NO3.C2HF3O2/c26-24(27)15-17-25-16-14-19-8-12-23(13-9-19)28-18-20-6-10-22(11-7-20)21-4-2-1-3-5-21;3-2(4,5)1(6)7/h6-13,21,25H,1-5,14-18H2,(H,26,27);(H,6,7). The Hall–Kier alpha value is -3.07. The van der Waals surface area contributed by atoms with Gasteiger partial charge in [0.15, 0.2) is 0 Å². The lowest BCUT2D eigenvalue weighted by Gasteiger charge is -2.22. The minimum Gasteiger partial charge on any atom is -0.489 e. The lowest BCUT2D eigenvalue weighted by molar-refractivity contribution is -0.192. The van der Waals surface area contributed by atoms with Gasteiger partial charge in [-0.15, -0.1) is 0 Å². The first-order chi connectivity index (χ1) is 16.6. The number of carboxylic acids is 2. The molecule has 0 saturated heterocycles. The van der Waals surface area contributed by atoms with Crippen LogP contribution in [0, 0.1) is 0 Å². The molecule has 3 rings (SSSR count). The second kappa shape index (κ2) is 14.4. The van der Waals surface area contributed by atoms with E-state index in [0.29, 0.717) is 13.2 Å². The van der Waals surface area contributed by atoms with Crippen LogP contribution in [0.25, 0.3) is 0 Å². The van der Waals surface area contributed by atoms with Gasteiger partial charge in [-0.2, -0.15) is 13.2 Å². The van der Waals surface area contributed by atoms with Gasteiger partial charge in [0.25, 0.3) is 0 Å². The predicted molar refractivity (Wildman–Crippen MR) is 126 cm³/mol. The van der Waals surface area contributed by atoms with E-state index >= 15 is 0 Å². The van der Waals surface area contributed by atoms with E-state index < -0.39 is 18.1 Å². The first-order valence-electron chi connectivity index (χ1n) is 11.7. The SMILES string of the molecule is O=C(O)C(F)(F)F.O=C(O)CCNCCc1ccc(OCc2ccc(C3CCCCC3)cc2)cc1. The van der Waals surface area contributed by atoms with Crippen molar-refractivity contribution in [3.05, 3.63) is 65.2 Å². The van der Waals surface area contributed by atoms with Crippen molar-refractivity contribution in [3.63, 3.8) is 0 Å². The molecule has 9 heteroatoms. The summed E-state index contributed by atoms with van der Waals surface area (Å²) in [5.41, 5.74) is 3.89. The van der Waals surface area contributed by atoms with E-state index in [1.165, 1.54) is 48.8 Å². The van der Waals surface area contributed by atoms with Gasteiger partial charge in [-0.1, -0.05) is 55.7 Å². The molecule has 35 heavy (non-hydrogen) atoms. The predicted octanol–water partition coefficient (Wildman–Crippen LogP) is 5.55. The third-order valence-corrected chi connectivity index (χ3v) is 5.73. The smallest absolute Gasteiger partial charge is 0.489 e. The van der Waals surface area contributed by atoms with Gasteiger partial charge >= 0.3 is 18.1 Å². The van der Waals surface area contributed by atoms with Gasteiger partial charge in [0, 0.05) is 6.54 Å². The fraction of sp³-hybridized carbons (Fsp3) is 0.462. The van der Waals surface area contributed by atoms with Crippen molar-refractivity contribution in [1.82, 2.24) is 5.32 Å². The van der Waals surface area contributed by atoms with E-state index in [2.05, 4.69) is 41.7 Å². The molecule has 3 N–H and O–H groups in total. The fourth-order valence-electron chi connectivity index (χ4n) is 3.79. The van der Waals surface area contributed by atoms with Crippen LogP contribution in [0.5, 0.6) is 5.75 Å². The summed E-state index contributed by atoms with van der Waals surface area (Å²) in [4.78, 5) is 19.4. The van der Waals surface area contributed by atoms with Crippen molar-refractivity contribution in [2.24, 2.45) is 0 Å². The highest BCUT2D eigenvalue weighted by atomic mass is 19.4. The Morgan fingerprint density at radius 2 is 1.46 bits per heavy atom. The Labute approximate surface area is 203 Å². The fourth-order valence-corrected chi connectivity index (χ4v) is 3.79. The second-order valence-electron chi connectivity index (χ2n) is 8.46. The molecular formula is C26H32F3NO5. The summed E-state index contributed by atoms with van der Waals surface area (Å²) in [6, 6.07) is 17.1. The number of ether oxygens (including phenoxy) is 1. The molecule has 1 saturated carbocycles. The molecule has 0 aliphatic heterocycles. The quantitative estimate of drug-likeness (QED) is 0.374. The third-order valence-electron chi connectivity index (χ3n) is 5.73. The molecule has 0 radical (unpaired) electrons. The van der Waals surface area contributed by atoms with Crippen molar-refractivity contribution in [2.75, 3.05) is 13.1 Å². The molecule has 0 bridgehead atoms. The first-order valence-corrected chi connectivity index (χ1v) is 11.7. The van der Waals surface area contributed by atoms with E-state index in [1.54, 1.807) is 0 Å². The summed E-state index contributed by atoms with van der Waals surface area (Å²) in [6.45, 7) is 1.87. The van der Waals surface area contributed by atoms with E-state index in [4.69, 9.17) is 19.7 Å². The molecule has 0 unspecified atom stereocenters. The van der Waals surface area contributed by atoms with Crippen LogP contribution in [0.2, 0.25) is 0 Å². The Morgan fingerprint density at radius 3 is 2.00 bits per heavy atom. The molecule has 1 aliphatic rings. The summed E-state index contributed by atoms with van der Waals surface area (Å²) in [5.74, 6) is -1.90. The largest absolute Gasteiger partial charge is 0.490 e. The highest BCUT2D eigenvalue weighted by Crippen LogP contribution is 2.32. The molecule has 0 atom stereocenters. The van der Waals surface area contributed by atoms with E-state index in [0.717, 1.165) is 24.6 Å². The first kappa shape index (κ1) is 28.2. The van der Waals surface area contributed by atoms with Crippen molar-refractivity contribution in [2.45, 2.75) is 63.6 Å². The van der Waals surface area contributed by atoms with E-state index in [9.17, 15) is 18.0 Å². The zero-order valence-electron chi connectivity index (χ0n) is 19.5. The summed E-state index contributed by atoms with van der Waals surface area (Å²) in [7, 11) is 0. The van der Waals surface area contributed by atoms with Crippen LogP contribution in [0.15, 0.2) is 48.5 Å². The van der Waals surface area contributed by atoms with Gasteiger partial charge in [0.1, 0.15) is 12.4 Å². The lowest BCUT2D eigenvalue weighted by Crippen LogP contribution is -2.21. The molecule has 2 aromatic carbocycles. The van der Waals surface area contributed by atoms with Gasteiger partial charge in [-0.25, -0.2) is 4.79 Å². The molecule has 0 amide bonds. The molecule has 6 nitrogen and oxygen atoms in total. The molecule has 1 aliphatic carbocycles. The van der Waals surface area contributed by atoms with Crippen LogP contribution < -0.4 is 10.1 Å². The van der Waals surface area contributed by atoms with E-state index in [-0.39, 0.29) is 6.42 Å². The van der Waals surface area contributed by atoms with Gasteiger partial charge in [0.2, 0.25) is 0 Å². The number of benzene rings is 2. The van der Waals surface area contributed by atoms with E-state index in [1.807, 2.05) is 12.1 Å². The van der Waals surface area contributed by atoms with Crippen LogP contribution in [0.1, 0.15) is 61.1 Å². The zero-order chi connectivity index (χ0) is 25.7. The highest BCUT2D eigenvalue weighted by molar-refractivity contribution is 5.73. The summed E-state index contributed by atoms with van der Waals surface area (Å²) < 4.78 is 37.7. The average molecular weight is 496 g/mol. The summed E-state index contributed by atoms with van der Waals surface area (Å²) >= 11 is 0. The van der Waals surface area contributed by atoms with Gasteiger partial charge in [-0.3, -0.25) is 4.79 Å². The van der Waals surface area contributed by atoms with Gasteiger partial charge < -0.3 is 20.3 Å². The third kappa shape index (κ3) is 11.3. The monoisotopic (exact) mass is 495 g/mol. The molecule has 0 aromatic heterocycles.